The van der Waals surface area contributed by atoms with Crippen LogP contribution in [-0.2, 0) is 4.79 Å². The number of amides is 1. The maximum atomic E-state index is 12.6. The standard InChI is InChI=1S/C16H17NO3/c1-2-5-13(16(18)17-8-3-4-9-17)12-6-7-14-15(10-12)20-11-19-14/h2,5-7,10H,1,3-4,8-9,11H2/b13-5+. The average Bonchev–Trinajstić information content (AvgIpc) is 3.13. The predicted molar refractivity (Wildman–Crippen MR) is 76.6 cm³/mol. The van der Waals surface area contributed by atoms with Gasteiger partial charge < -0.3 is 14.4 Å². The molecule has 0 bridgehead atoms. The molecule has 0 unspecified atom stereocenters. The fourth-order valence-corrected chi connectivity index (χ4v) is 2.56. The van der Waals surface area contributed by atoms with Crippen molar-refractivity contribution in [2.45, 2.75) is 12.8 Å². The van der Waals surface area contributed by atoms with Crippen molar-refractivity contribution in [1.82, 2.24) is 4.90 Å². The van der Waals surface area contributed by atoms with Crippen molar-refractivity contribution in [1.29, 1.82) is 0 Å². The van der Waals surface area contributed by atoms with E-state index in [2.05, 4.69) is 6.58 Å². The number of hydrogen-bond donors (Lipinski definition) is 0. The third kappa shape index (κ3) is 2.29. The molecular formula is C16H17NO3. The second kappa shape index (κ2) is 5.41. The molecule has 4 heteroatoms. The number of ether oxygens (including phenoxy) is 2. The summed E-state index contributed by atoms with van der Waals surface area (Å²) in [5, 5.41) is 0. The minimum Gasteiger partial charge on any atom is -0.454 e. The van der Waals surface area contributed by atoms with Crippen LogP contribution in [0.2, 0.25) is 0 Å². The van der Waals surface area contributed by atoms with Gasteiger partial charge in [-0.15, -0.1) is 0 Å². The molecule has 104 valence electrons. The molecule has 1 amide bonds. The summed E-state index contributed by atoms with van der Waals surface area (Å²) in [7, 11) is 0. The van der Waals surface area contributed by atoms with Crippen LogP contribution in [0.5, 0.6) is 11.5 Å². The normalized spacial score (nSPS) is 17.4. The number of benzene rings is 1. The zero-order valence-corrected chi connectivity index (χ0v) is 11.3. The van der Waals surface area contributed by atoms with Gasteiger partial charge in [0.1, 0.15) is 0 Å². The fraction of sp³-hybridized carbons (Fsp3) is 0.312. The summed E-state index contributed by atoms with van der Waals surface area (Å²) in [4.78, 5) is 14.5. The topological polar surface area (TPSA) is 38.8 Å². The Morgan fingerprint density at radius 1 is 1.20 bits per heavy atom. The first-order valence-electron chi connectivity index (χ1n) is 6.81. The second-order valence-corrected chi connectivity index (χ2v) is 4.88. The van der Waals surface area contributed by atoms with Gasteiger partial charge in [0.05, 0.1) is 0 Å². The number of allylic oxidation sites excluding steroid dienone is 2. The zero-order chi connectivity index (χ0) is 13.9. The van der Waals surface area contributed by atoms with Crippen molar-refractivity contribution in [3.05, 3.63) is 42.5 Å². The number of carbonyl (C=O) groups excluding carboxylic acids is 1. The lowest BCUT2D eigenvalue weighted by Crippen LogP contribution is -2.28. The van der Waals surface area contributed by atoms with Crippen LogP contribution in [0.3, 0.4) is 0 Å². The van der Waals surface area contributed by atoms with Gasteiger partial charge >= 0.3 is 0 Å². The first-order chi connectivity index (χ1) is 9.79. The van der Waals surface area contributed by atoms with Crippen LogP contribution in [0.4, 0.5) is 0 Å². The van der Waals surface area contributed by atoms with Gasteiger partial charge in [0.15, 0.2) is 11.5 Å². The van der Waals surface area contributed by atoms with Crippen LogP contribution in [-0.4, -0.2) is 30.7 Å². The third-order valence-electron chi connectivity index (χ3n) is 3.59. The number of rotatable bonds is 3. The lowest BCUT2D eigenvalue weighted by Gasteiger charge is -2.17. The van der Waals surface area contributed by atoms with Crippen LogP contribution in [0.15, 0.2) is 36.9 Å². The summed E-state index contributed by atoms with van der Waals surface area (Å²) in [6, 6.07) is 5.58. The van der Waals surface area contributed by atoms with Crippen LogP contribution in [0, 0.1) is 0 Å². The molecule has 0 aromatic heterocycles. The molecule has 0 atom stereocenters. The molecular weight excluding hydrogens is 254 g/mol. The molecule has 1 fully saturated rings. The highest BCUT2D eigenvalue weighted by atomic mass is 16.7. The van der Waals surface area contributed by atoms with Crippen molar-refractivity contribution in [3.8, 4) is 11.5 Å². The van der Waals surface area contributed by atoms with Crippen molar-refractivity contribution < 1.29 is 14.3 Å². The van der Waals surface area contributed by atoms with E-state index in [-0.39, 0.29) is 12.7 Å². The molecule has 2 aliphatic rings. The van der Waals surface area contributed by atoms with Gasteiger partial charge in [0.25, 0.3) is 5.91 Å². The summed E-state index contributed by atoms with van der Waals surface area (Å²) >= 11 is 0. The summed E-state index contributed by atoms with van der Waals surface area (Å²) in [6.07, 6.45) is 5.56. The molecule has 2 heterocycles. The van der Waals surface area contributed by atoms with E-state index in [1.165, 1.54) is 0 Å². The van der Waals surface area contributed by atoms with Gasteiger partial charge in [0.2, 0.25) is 6.79 Å². The molecule has 0 spiro atoms. The maximum absolute atomic E-state index is 12.6. The Morgan fingerprint density at radius 3 is 2.70 bits per heavy atom. The smallest absolute Gasteiger partial charge is 0.254 e. The Labute approximate surface area is 118 Å². The van der Waals surface area contributed by atoms with Crippen molar-refractivity contribution in [2.24, 2.45) is 0 Å². The number of nitrogens with zero attached hydrogens (tertiary/aromatic N) is 1. The number of hydrogen-bond acceptors (Lipinski definition) is 3. The van der Waals surface area contributed by atoms with Gasteiger partial charge in [-0.05, 0) is 36.6 Å². The van der Waals surface area contributed by atoms with Crippen molar-refractivity contribution in [2.75, 3.05) is 19.9 Å². The van der Waals surface area contributed by atoms with Gasteiger partial charge in [-0.25, -0.2) is 0 Å². The highest BCUT2D eigenvalue weighted by Gasteiger charge is 2.23. The van der Waals surface area contributed by atoms with E-state index in [1.54, 1.807) is 12.2 Å². The molecule has 2 aliphatic heterocycles. The SMILES string of the molecule is C=C/C=C(/C(=O)N1CCCC1)c1ccc2c(c1)OCO2. The van der Waals surface area contributed by atoms with E-state index in [9.17, 15) is 4.79 Å². The van der Waals surface area contributed by atoms with Crippen LogP contribution in [0.1, 0.15) is 18.4 Å². The van der Waals surface area contributed by atoms with E-state index in [4.69, 9.17) is 9.47 Å². The number of carbonyl (C=O) groups is 1. The maximum Gasteiger partial charge on any atom is 0.254 e. The summed E-state index contributed by atoms with van der Waals surface area (Å²) in [5.74, 6) is 1.47. The van der Waals surface area contributed by atoms with E-state index in [0.29, 0.717) is 11.3 Å². The summed E-state index contributed by atoms with van der Waals surface area (Å²) in [5.41, 5.74) is 1.49. The van der Waals surface area contributed by atoms with Crippen molar-refractivity contribution >= 4 is 11.5 Å². The summed E-state index contributed by atoms with van der Waals surface area (Å²) in [6.45, 7) is 5.60. The van der Waals surface area contributed by atoms with E-state index in [0.717, 1.165) is 37.2 Å². The third-order valence-corrected chi connectivity index (χ3v) is 3.59. The first-order valence-corrected chi connectivity index (χ1v) is 6.81. The Balaban J connectivity index is 1.92. The van der Waals surface area contributed by atoms with E-state index < -0.39 is 0 Å². The van der Waals surface area contributed by atoms with Gasteiger partial charge in [-0.2, -0.15) is 0 Å². The monoisotopic (exact) mass is 271 g/mol. The Morgan fingerprint density at radius 2 is 1.95 bits per heavy atom. The molecule has 4 nitrogen and oxygen atoms in total. The summed E-state index contributed by atoms with van der Waals surface area (Å²) < 4.78 is 10.7. The first kappa shape index (κ1) is 12.8. The van der Waals surface area contributed by atoms with E-state index in [1.807, 2.05) is 23.1 Å². The average molecular weight is 271 g/mol. The number of likely N-dealkylation sites (tertiary alicyclic amines) is 1. The van der Waals surface area contributed by atoms with Crippen LogP contribution < -0.4 is 9.47 Å². The molecule has 1 aromatic rings. The fourth-order valence-electron chi connectivity index (χ4n) is 2.56. The molecule has 1 aromatic carbocycles. The predicted octanol–water partition coefficient (Wildman–Crippen LogP) is 2.61. The molecule has 3 rings (SSSR count). The van der Waals surface area contributed by atoms with Crippen molar-refractivity contribution in [3.63, 3.8) is 0 Å². The highest BCUT2D eigenvalue weighted by molar-refractivity contribution is 6.20. The Kier molecular flexibility index (Phi) is 3.46. The quantitative estimate of drug-likeness (QED) is 0.626. The molecule has 0 N–H and O–H groups in total. The molecule has 0 saturated carbocycles. The lowest BCUT2D eigenvalue weighted by atomic mass is 10.0. The Bertz CT molecular complexity index is 571. The largest absolute Gasteiger partial charge is 0.454 e. The minimum atomic E-state index is 0.0567. The zero-order valence-electron chi connectivity index (χ0n) is 11.3. The lowest BCUT2D eigenvalue weighted by molar-refractivity contribution is -0.124. The minimum absolute atomic E-state index is 0.0567. The van der Waals surface area contributed by atoms with Gasteiger partial charge in [0, 0.05) is 18.7 Å². The molecule has 0 radical (unpaired) electrons. The molecule has 0 aliphatic carbocycles. The Hall–Kier alpha value is -2.23. The van der Waals surface area contributed by atoms with Gasteiger partial charge in [-0.1, -0.05) is 18.7 Å². The highest BCUT2D eigenvalue weighted by Crippen LogP contribution is 2.35. The van der Waals surface area contributed by atoms with Crippen LogP contribution in [0.25, 0.3) is 5.57 Å². The number of fused-ring (bicyclic) bond motifs is 1. The second-order valence-electron chi connectivity index (χ2n) is 4.88. The van der Waals surface area contributed by atoms with E-state index >= 15 is 0 Å². The molecule has 20 heavy (non-hydrogen) atoms. The van der Waals surface area contributed by atoms with Gasteiger partial charge in [-0.3, -0.25) is 4.79 Å². The van der Waals surface area contributed by atoms with Crippen LogP contribution >= 0.6 is 0 Å². The molecule has 1 saturated heterocycles.